The maximum Gasteiger partial charge on any atom is 0.324 e. The number of nitrogens with one attached hydrogen (secondary N) is 2. The maximum atomic E-state index is 13.1. The number of carbonyl (C=O) groups excluding carboxylic acids is 1. The van der Waals surface area contributed by atoms with E-state index < -0.39 is 11.8 Å². The van der Waals surface area contributed by atoms with Crippen LogP contribution in [0.15, 0.2) is 36.7 Å². The average Bonchev–Trinajstić information content (AvgIpc) is 2.80. The van der Waals surface area contributed by atoms with Crippen molar-refractivity contribution in [2.45, 2.75) is 0 Å². The first-order valence-corrected chi connectivity index (χ1v) is 6.72. The Bertz CT molecular complexity index is 864. The summed E-state index contributed by atoms with van der Waals surface area (Å²) in [5, 5.41) is 5.31. The summed E-state index contributed by atoms with van der Waals surface area (Å²) in [7, 11) is 1.81. The van der Waals surface area contributed by atoms with Gasteiger partial charge in [0.1, 0.15) is 16.5 Å². The molecule has 8 heteroatoms. The van der Waals surface area contributed by atoms with Crippen LogP contribution in [-0.2, 0) is 7.05 Å². The Labute approximate surface area is 129 Å². The van der Waals surface area contributed by atoms with Gasteiger partial charge in [-0.25, -0.2) is 19.2 Å². The molecule has 112 valence electrons. The Morgan fingerprint density at radius 3 is 2.91 bits per heavy atom. The second-order valence-electron chi connectivity index (χ2n) is 4.61. The lowest BCUT2D eigenvalue weighted by Crippen LogP contribution is -2.20. The summed E-state index contributed by atoms with van der Waals surface area (Å²) in [4.78, 5) is 20.2. The quantitative estimate of drug-likeness (QED) is 0.711. The van der Waals surface area contributed by atoms with E-state index in [1.54, 1.807) is 23.0 Å². The van der Waals surface area contributed by atoms with Gasteiger partial charge in [0.15, 0.2) is 5.82 Å². The summed E-state index contributed by atoms with van der Waals surface area (Å²) in [6.45, 7) is 0. The van der Waals surface area contributed by atoms with Crippen molar-refractivity contribution in [3.05, 3.63) is 47.6 Å². The highest BCUT2D eigenvalue weighted by Gasteiger charge is 2.12. The molecule has 0 unspecified atom stereocenters. The van der Waals surface area contributed by atoms with Gasteiger partial charge < -0.3 is 9.88 Å². The summed E-state index contributed by atoms with van der Waals surface area (Å²) >= 11 is 5.94. The highest BCUT2D eigenvalue weighted by Crippen LogP contribution is 2.23. The summed E-state index contributed by atoms with van der Waals surface area (Å²) < 4.78 is 14.9. The monoisotopic (exact) mass is 319 g/mol. The van der Waals surface area contributed by atoms with E-state index in [1.165, 1.54) is 18.2 Å². The molecular weight excluding hydrogens is 309 g/mol. The van der Waals surface area contributed by atoms with E-state index in [0.29, 0.717) is 11.2 Å². The number of urea groups is 1. The Balaban J connectivity index is 1.85. The minimum absolute atomic E-state index is 0.233. The first kappa shape index (κ1) is 14.3. The minimum atomic E-state index is -0.563. The van der Waals surface area contributed by atoms with Crippen LogP contribution in [0, 0.1) is 5.82 Å². The van der Waals surface area contributed by atoms with Crippen LogP contribution in [0.2, 0.25) is 5.15 Å². The minimum Gasteiger partial charge on any atom is -0.334 e. The summed E-state index contributed by atoms with van der Waals surface area (Å²) in [6, 6.07) is 6.66. The smallest absolute Gasteiger partial charge is 0.324 e. The topological polar surface area (TPSA) is 71.8 Å². The van der Waals surface area contributed by atoms with E-state index in [2.05, 4.69) is 20.6 Å². The number of imidazole rings is 1. The molecule has 0 bridgehead atoms. The molecule has 0 radical (unpaired) electrons. The number of anilines is 2. The lowest BCUT2D eigenvalue weighted by atomic mass is 10.3. The molecule has 0 atom stereocenters. The van der Waals surface area contributed by atoms with Crippen LogP contribution in [0.5, 0.6) is 0 Å². The zero-order chi connectivity index (χ0) is 15.7. The summed E-state index contributed by atoms with van der Waals surface area (Å²) in [6.07, 6.45) is 1.60. The molecule has 0 saturated carbocycles. The van der Waals surface area contributed by atoms with Crippen molar-refractivity contribution in [3.63, 3.8) is 0 Å². The Morgan fingerprint density at radius 2 is 2.14 bits per heavy atom. The van der Waals surface area contributed by atoms with E-state index >= 15 is 0 Å². The number of pyridine rings is 1. The fourth-order valence-electron chi connectivity index (χ4n) is 2.02. The molecule has 0 aliphatic heterocycles. The molecule has 2 N–H and O–H groups in total. The summed E-state index contributed by atoms with van der Waals surface area (Å²) in [5.74, 6) is -0.206. The fraction of sp³-hybridized carbons (Fsp3) is 0.0714. The molecule has 2 heterocycles. The lowest BCUT2D eigenvalue weighted by Gasteiger charge is -2.08. The van der Waals surface area contributed by atoms with Gasteiger partial charge in [0, 0.05) is 18.8 Å². The van der Waals surface area contributed by atoms with Crippen LogP contribution in [-0.4, -0.2) is 20.6 Å². The number of carbonyl (C=O) groups is 1. The van der Waals surface area contributed by atoms with Crippen LogP contribution in [0.4, 0.5) is 20.7 Å². The standard InChI is InChI=1S/C14H11ClFN5O/c1-21-7-17-12-10(21)6-11(15)19-13(12)20-14(22)18-9-4-2-3-8(16)5-9/h2-7H,1H3,(H2,18,19,20,22). The average molecular weight is 320 g/mol. The molecule has 0 fully saturated rings. The first-order valence-electron chi connectivity index (χ1n) is 6.34. The van der Waals surface area contributed by atoms with Crippen molar-refractivity contribution < 1.29 is 9.18 Å². The first-order chi connectivity index (χ1) is 10.5. The van der Waals surface area contributed by atoms with Gasteiger partial charge >= 0.3 is 6.03 Å². The van der Waals surface area contributed by atoms with Crippen LogP contribution < -0.4 is 10.6 Å². The number of fused-ring (bicyclic) bond motifs is 1. The molecule has 1 aromatic carbocycles. The van der Waals surface area contributed by atoms with Crippen LogP contribution in [0.25, 0.3) is 11.0 Å². The molecule has 0 aliphatic rings. The van der Waals surface area contributed by atoms with E-state index in [4.69, 9.17) is 11.6 Å². The van der Waals surface area contributed by atoms with Gasteiger partial charge in [-0.3, -0.25) is 5.32 Å². The molecule has 0 spiro atoms. The second kappa shape index (κ2) is 5.61. The van der Waals surface area contributed by atoms with Gasteiger partial charge in [-0.15, -0.1) is 0 Å². The normalized spacial score (nSPS) is 10.7. The van der Waals surface area contributed by atoms with E-state index in [0.717, 1.165) is 5.52 Å². The van der Waals surface area contributed by atoms with Crippen molar-refractivity contribution in [2.24, 2.45) is 7.05 Å². The van der Waals surface area contributed by atoms with Crippen LogP contribution in [0.3, 0.4) is 0 Å². The number of hydrogen-bond acceptors (Lipinski definition) is 3. The number of hydrogen-bond donors (Lipinski definition) is 2. The molecule has 0 saturated heterocycles. The predicted octanol–water partition coefficient (Wildman–Crippen LogP) is 3.40. The molecule has 3 aromatic rings. The molecule has 22 heavy (non-hydrogen) atoms. The van der Waals surface area contributed by atoms with Crippen LogP contribution in [0.1, 0.15) is 0 Å². The SMILES string of the molecule is Cn1cnc2c(NC(=O)Nc3cccc(F)c3)nc(Cl)cc21. The number of nitrogens with zero attached hydrogens (tertiary/aromatic N) is 3. The Morgan fingerprint density at radius 1 is 1.32 bits per heavy atom. The van der Waals surface area contributed by atoms with Crippen molar-refractivity contribution in [1.29, 1.82) is 0 Å². The molecule has 2 amide bonds. The van der Waals surface area contributed by atoms with E-state index in [9.17, 15) is 9.18 Å². The Kier molecular flexibility index (Phi) is 3.64. The fourth-order valence-corrected chi connectivity index (χ4v) is 2.21. The number of aromatic nitrogens is 3. The van der Waals surface area contributed by atoms with Gasteiger partial charge in [-0.2, -0.15) is 0 Å². The number of rotatable bonds is 2. The number of amides is 2. The Hall–Kier alpha value is -2.67. The third-order valence-corrected chi connectivity index (χ3v) is 3.19. The zero-order valence-electron chi connectivity index (χ0n) is 11.5. The predicted molar refractivity (Wildman–Crippen MR) is 82.6 cm³/mol. The molecule has 2 aromatic heterocycles. The third kappa shape index (κ3) is 2.84. The number of benzene rings is 1. The second-order valence-corrected chi connectivity index (χ2v) is 4.99. The largest absolute Gasteiger partial charge is 0.334 e. The zero-order valence-corrected chi connectivity index (χ0v) is 12.2. The molecule has 0 aliphatic carbocycles. The maximum absolute atomic E-state index is 13.1. The third-order valence-electron chi connectivity index (χ3n) is 3.00. The van der Waals surface area contributed by atoms with Gasteiger partial charge in [0.05, 0.1) is 11.8 Å². The lowest BCUT2D eigenvalue weighted by molar-refractivity contribution is 0.262. The molecule has 3 rings (SSSR count). The number of halogens is 2. The van der Waals surface area contributed by atoms with Crippen molar-refractivity contribution in [3.8, 4) is 0 Å². The van der Waals surface area contributed by atoms with Crippen molar-refractivity contribution in [2.75, 3.05) is 10.6 Å². The van der Waals surface area contributed by atoms with Gasteiger partial charge in [0.25, 0.3) is 0 Å². The van der Waals surface area contributed by atoms with Gasteiger partial charge in [0.2, 0.25) is 0 Å². The van der Waals surface area contributed by atoms with Crippen molar-refractivity contribution in [1.82, 2.24) is 14.5 Å². The van der Waals surface area contributed by atoms with Gasteiger partial charge in [-0.1, -0.05) is 17.7 Å². The highest BCUT2D eigenvalue weighted by molar-refractivity contribution is 6.30. The van der Waals surface area contributed by atoms with E-state index in [1.807, 2.05) is 7.05 Å². The van der Waals surface area contributed by atoms with Gasteiger partial charge in [-0.05, 0) is 18.2 Å². The van der Waals surface area contributed by atoms with Crippen LogP contribution >= 0.6 is 11.6 Å². The van der Waals surface area contributed by atoms with E-state index in [-0.39, 0.29) is 11.0 Å². The molecule has 6 nitrogen and oxygen atoms in total. The number of aryl methyl sites for hydroxylation is 1. The van der Waals surface area contributed by atoms with Crippen molar-refractivity contribution >= 4 is 40.2 Å². The summed E-state index contributed by atoms with van der Waals surface area (Å²) in [5.41, 5.74) is 1.58. The molecular formula is C14H11ClFN5O. The highest BCUT2D eigenvalue weighted by atomic mass is 35.5.